The normalized spacial score (nSPS) is 21.8. The maximum Gasteiger partial charge on any atom is 0.0689 e. The highest BCUT2D eigenvalue weighted by molar-refractivity contribution is 8.23. The predicted molar refractivity (Wildman–Crippen MR) is 60.3 cm³/mol. The summed E-state index contributed by atoms with van der Waals surface area (Å²) < 4.78 is 22.5. The molecule has 1 aromatic carbocycles. The number of benzene rings is 1. The van der Waals surface area contributed by atoms with E-state index >= 15 is 0 Å². The summed E-state index contributed by atoms with van der Waals surface area (Å²) in [5.41, 5.74) is 1.66. The fraction of sp³-hybridized carbons (Fsp3) is 0.222. The van der Waals surface area contributed by atoms with Crippen molar-refractivity contribution < 1.29 is 9.11 Å². The average molecular weight is 232 g/mol. The molecule has 0 bridgehead atoms. The van der Waals surface area contributed by atoms with Gasteiger partial charge in [-0.25, -0.2) is 0 Å². The summed E-state index contributed by atoms with van der Waals surface area (Å²) in [5.74, 6) is 0.338. The molecular weight excluding hydrogens is 222 g/mol. The lowest BCUT2D eigenvalue weighted by molar-refractivity contribution is 0.493. The van der Waals surface area contributed by atoms with Gasteiger partial charge in [0, 0.05) is 11.4 Å². The van der Waals surface area contributed by atoms with Gasteiger partial charge in [-0.15, -0.1) is 0 Å². The van der Waals surface area contributed by atoms with Crippen molar-refractivity contribution in [1.82, 2.24) is 0 Å². The zero-order valence-electron chi connectivity index (χ0n) is 7.35. The Morgan fingerprint density at radius 3 is 2.36 bits per heavy atom. The van der Waals surface area contributed by atoms with Crippen LogP contribution in [-0.2, 0) is 0 Å². The number of halogens is 1. The molecule has 14 heavy (non-hydrogen) atoms. The average Bonchev–Trinajstić information content (AvgIpc) is 2.47. The van der Waals surface area contributed by atoms with Gasteiger partial charge in [-0.2, -0.15) is 4.40 Å². The van der Waals surface area contributed by atoms with E-state index in [1.54, 1.807) is 12.1 Å². The maximum absolute atomic E-state index is 9.31. The van der Waals surface area contributed by atoms with Gasteiger partial charge >= 0.3 is 0 Å². The lowest BCUT2D eigenvalue weighted by Gasteiger charge is -2.20. The maximum atomic E-state index is 9.31. The summed E-state index contributed by atoms with van der Waals surface area (Å²) in [4.78, 5) is 0. The van der Waals surface area contributed by atoms with E-state index in [0.717, 1.165) is 11.3 Å². The van der Waals surface area contributed by atoms with E-state index in [1.165, 1.54) is 0 Å². The van der Waals surface area contributed by atoms with Gasteiger partial charge in [-0.3, -0.25) is 9.11 Å². The summed E-state index contributed by atoms with van der Waals surface area (Å²) >= 11 is 5.74. The smallest absolute Gasteiger partial charge is 0.0689 e. The van der Waals surface area contributed by atoms with Crippen molar-refractivity contribution in [3.8, 4) is 0 Å². The highest BCUT2D eigenvalue weighted by atomic mass is 35.5. The Labute approximate surface area is 88.9 Å². The van der Waals surface area contributed by atoms with Crippen LogP contribution in [0.15, 0.2) is 28.7 Å². The molecule has 0 aromatic heterocycles. The molecule has 1 heterocycles. The first-order valence-corrected chi connectivity index (χ1v) is 6.22. The quantitative estimate of drug-likeness (QED) is 0.780. The summed E-state index contributed by atoms with van der Waals surface area (Å²) in [5, 5.41) is 0.666. The summed E-state index contributed by atoms with van der Waals surface area (Å²) in [6, 6.07) is 7.21. The topological polar surface area (TPSA) is 52.8 Å². The largest absolute Gasteiger partial charge is 0.280 e. The van der Waals surface area contributed by atoms with Crippen LogP contribution in [0, 0.1) is 0 Å². The molecule has 0 atom stereocenters. The molecule has 0 fully saturated rings. The van der Waals surface area contributed by atoms with Gasteiger partial charge in [0.15, 0.2) is 0 Å². The first kappa shape index (κ1) is 9.98. The Morgan fingerprint density at radius 1 is 1.21 bits per heavy atom. The highest BCUT2D eigenvalue weighted by Gasteiger charge is 2.21. The van der Waals surface area contributed by atoms with E-state index < -0.39 is 10.8 Å². The second-order valence-corrected chi connectivity index (χ2v) is 5.42. The van der Waals surface area contributed by atoms with Crippen molar-refractivity contribution in [2.24, 2.45) is 4.40 Å². The van der Waals surface area contributed by atoms with E-state index in [-0.39, 0.29) is 0 Å². The molecule has 1 aliphatic heterocycles. The third kappa shape index (κ3) is 2.09. The van der Waals surface area contributed by atoms with Crippen LogP contribution >= 0.6 is 22.4 Å². The Morgan fingerprint density at radius 2 is 1.86 bits per heavy atom. The van der Waals surface area contributed by atoms with E-state index in [2.05, 4.69) is 4.40 Å². The van der Waals surface area contributed by atoms with Crippen LogP contribution in [-0.4, -0.2) is 20.6 Å². The third-order valence-electron chi connectivity index (χ3n) is 2.05. The van der Waals surface area contributed by atoms with Crippen LogP contribution in [0.5, 0.6) is 0 Å². The molecule has 0 radical (unpaired) electrons. The minimum absolute atomic E-state index is 0.338. The summed E-state index contributed by atoms with van der Waals surface area (Å²) in [7, 11) is -2.70. The first-order valence-electron chi connectivity index (χ1n) is 4.17. The molecule has 2 rings (SSSR count). The monoisotopic (exact) mass is 231 g/mol. The Kier molecular flexibility index (Phi) is 2.53. The molecule has 0 unspecified atom stereocenters. The molecule has 3 nitrogen and oxygen atoms in total. The second-order valence-electron chi connectivity index (χ2n) is 3.13. The van der Waals surface area contributed by atoms with Crippen LogP contribution in [0.3, 0.4) is 0 Å². The SMILES string of the molecule is OS1(O)CCC(c2ccc(Cl)cc2)=N1. The van der Waals surface area contributed by atoms with Gasteiger partial charge in [0.1, 0.15) is 0 Å². The molecule has 2 N–H and O–H groups in total. The van der Waals surface area contributed by atoms with Crippen LogP contribution in [0.2, 0.25) is 5.02 Å². The predicted octanol–water partition coefficient (Wildman–Crippen LogP) is 3.20. The Hall–Kier alpha value is -0.550. The van der Waals surface area contributed by atoms with Crippen LogP contribution in [0.4, 0.5) is 0 Å². The number of rotatable bonds is 1. The third-order valence-corrected chi connectivity index (χ3v) is 3.56. The zero-order valence-corrected chi connectivity index (χ0v) is 8.92. The molecule has 5 heteroatoms. The summed E-state index contributed by atoms with van der Waals surface area (Å²) in [6.07, 6.45) is 0.615. The van der Waals surface area contributed by atoms with E-state index in [9.17, 15) is 9.11 Å². The van der Waals surface area contributed by atoms with Crippen molar-refractivity contribution in [2.45, 2.75) is 6.42 Å². The molecule has 0 saturated heterocycles. The number of hydrogen-bond acceptors (Lipinski definition) is 3. The molecule has 0 amide bonds. The Bertz CT molecular complexity index is 375. The van der Waals surface area contributed by atoms with Gasteiger partial charge in [0.2, 0.25) is 0 Å². The van der Waals surface area contributed by atoms with Crippen molar-refractivity contribution >= 4 is 28.1 Å². The number of hydrogen-bond donors (Lipinski definition) is 2. The highest BCUT2D eigenvalue weighted by Crippen LogP contribution is 2.46. The van der Waals surface area contributed by atoms with Crippen LogP contribution in [0.1, 0.15) is 12.0 Å². The zero-order chi connectivity index (χ0) is 10.2. The lowest BCUT2D eigenvalue weighted by Crippen LogP contribution is -1.96. The van der Waals surface area contributed by atoms with E-state index in [1.807, 2.05) is 12.1 Å². The van der Waals surface area contributed by atoms with Gasteiger partial charge in [0.05, 0.1) is 11.5 Å². The van der Waals surface area contributed by atoms with Crippen LogP contribution < -0.4 is 0 Å². The van der Waals surface area contributed by atoms with E-state index in [4.69, 9.17) is 11.6 Å². The van der Waals surface area contributed by atoms with Crippen molar-refractivity contribution in [3.05, 3.63) is 34.9 Å². The molecule has 1 aliphatic rings. The molecule has 76 valence electrons. The van der Waals surface area contributed by atoms with Gasteiger partial charge in [-0.05, 0) is 17.7 Å². The fourth-order valence-corrected chi connectivity index (χ4v) is 2.57. The second kappa shape index (κ2) is 3.55. The standard InChI is InChI=1S/C9H10ClNO2S/c10-8-3-1-7(2-4-8)9-5-6-14(12,13)11-9/h1-4,12-13H,5-6H2. The van der Waals surface area contributed by atoms with Gasteiger partial charge in [0.25, 0.3) is 0 Å². The first-order chi connectivity index (χ1) is 6.57. The molecule has 1 aromatic rings. The molecular formula is C9H10ClNO2S. The summed E-state index contributed by atoms with van der Waals surface area (Å²) in [6.45, 7) is 0. The lowest BCUT2D eigenvalue weighted by atomic mass is 10.1. The van der Waals surface area contributed by atoms with Crippen LogP contribution in [0.25, 0.3) is 0 Å². The van der Waals surface area contributed by atoms with Gasteiger partial charge < -0.3 is 0 Å². The van der Waals surface area contributed by atoms with Gasteiger partial charge in [-0.1, -0.05) is 34.5 Å². The molecule has 0 spiro atoms. The molecule has 0 saturated carbocycles. The minimum atomic E-state index is -2.70. The van der Waals surface area contributed by atoms with Crippen molar-refractivity contribution in [1.29, 1.82) is 0 Å². The fourth-order valence-electron chi connectivity index (χ4n) is 1.34. The van der Waals surface area contributed by atoms with Crippen molar-refractivity contribution in [2.75, 3.05) is 5.75 Å². The van der Waals surface area contributed by atoms with Crippen molar-refractivity contribution in [3.63, 3.8) is 0 Å². The molecule has 0 aliphatic carbocycles. The minimum Gasteiger partial charge on any atom is -0.280 e. The number of nitrogens with zero attached hydrogens (tertiary/aromatic N) is 1. The Balaban J connectivity index is 2.29. The van der Waals surface area contributed by atoms with E-state index in [0.29, 0.717) is 17.2 Å².